The van der Waals surface area contributed by atoms with Crippen LogP contribution >= 0.6 is 11.3 Å². The molecule has 0 spiro atoms. The van der Waals surface area contributed by atoms with Crippen molar-refractivity contribution in [1.29, 1.82) is 0 Å². The Balaban J connectivity index is 1.91. The molecule has 2 nitrogen and oxygen atoms in total. The lowest BCUT2D eigenvalue weighted by molar-refractivity contribution is 0.245. The molecule has 84 valence electrons. The summed E-state index contributed by atoms with van der Waals surface area (Å²) in [6.07, 6.45) is 3.79. The Labute approximate surface area is 96.1 Å². The third-order valence-corrected chi connectivity index (χ3v) is 4.34. The van der Waals surface area contributed by atoms with Gasteiger partial charge in [-0.05, 0) is 43.8 Å². The van der Waals surface area contributed by atoms with E-state index in [1.165, 1.54) is 30.8 Å². The fraction of sp³-hybridized carbons (Fsp3) is 0.667. The Morgan fingerprint density at radius 1 is 1.67 bits per heavy atom. The van der Waals surface area contributed by atoms with E-state index in [0.717, 1.165) is 6.42 Å². The maximum atomic E-state index is 6.22. The highest BCUT2D eigenvalue weighted by atomic mass is 32.1. The molecule has 1 aliphatic heterocycles. The van der Waals surface area contributed by atoms with Gasteiger partial charge in [0, 0.05) is 17.0 Å². The number of hydrogen-bond donors (Lipinski definition) is 1. The Morgan fingerprint density at radius 3 is 3.20 bits per heavy atom. The fourth-order valence-electron chi connectivity index (χ4n) is 2.49. The van der Waals surface area contributed by atoms with Gasteiger partial charge in [-0.15, -0.1) is 11.3 Å². The number of hydrogen-bond acceptors (Lipinski definition) is 3. The second-order valence-electron chi connectivity index (χ2n) is 4.28. The molecule has 0 bridgehead atoms. The van der Waals surface area contributed by atoms with E-state index in [1.807, 2.05) is 0 Å². The lowest BCUT2D eigenvalue weighted by Gasteiger charge is -2.25. The van der Waals surface area contributed by atoms with Gasteiger partial charge in [0.25, 0.3) is 0 Å². The minimum absolute atomic E-state index is 0.238. The van der Waals surface area contributed by atoms with Gasteiger partial charge in [-0.25, -0.2) is 0 Å². The van der Waals surface area contributed by atoms with Gasteiger partial charge in [-0.1, -0.05) is 13.0 Å². The highest BCUT2D eigenvalue weighted by molar-refractivity contribution is 7.10. The molecule has 0 aliphatic carbocycles. The van der Waals surface area contributed by atoms with Crippen molar-refractivity contribution < 1.29 is 0 Å². The molecule has 1 aliphatic rings. The van der Waals surface area contributed by atoms with Gasteiger partial charge in [-0.2, -0.15) is 0 Å². The minimum Gasteiger partial charge on any atom is -0.323 e. The first-order valence-corrected chi connectivity index (χ1v) is 6.72. The van der Waals surface area contributed by atoms with Gasteiger partial charge in [0.15, 0.2) is 0 Å². The average Bonchev–Trinajstić information content (AvgIpc) is 2.87. The zero-order chi connectivity index (χ0) is 10.7. The molecule has 1 fully saturated rings. The van der Waals surface area contributed by atoms with Crippen LogP contribution in [0.4, 0.5) is 0 Å². The zero-order valence-electron chi connectivity index (χ0n) is 9.36. The summed E-state index contributed by atoms with van der Waals surface area (Å²) in [5, 5.41) is 2.11. The van der Waals surface area contributed by atoms with E-state index in [-0.39, 0.29) is 6.04 Å². The summed E-state index contributed by atoms with van der Waals surface area (Å²) >= 11 is 1.78. The van der Waals surface area contributed by atoms with Gasteiger partial charge in [0.2, 0.25) is 0 Å². The highest BCUT2D eigenvalue weighted by Crippen LogP contribution is 2.27. The molecule has 1 aromatic rings. The van der Waals surface area contributed by atoms with Gasteiger partial charge < -0.3 is 10.6 Å². The van der Waals surface area contributed by atoms with Crippen LogP contribution in [0.25, 0.3) is 0 Å². The average molecular weight is 224 g/mol. The van der Waals surface area contributed by atoms with Crippen LogP contribution in [0.15, 0.2) is 17.5 Å². The first kappa shape index (κ1) is 11.1. The molecule has 2 N–H and O–H groups in total. The van der Waals surface area contributed by atoms with Crippen molar-refractivity contribution in [3.63, 3.8) is 0 Å². The first-order chi connectivity index (χ1) is 7.31. The molecule has 15 heavy (non-hydrogen) atoms. The van der Waals surface area contributed by atoms with E-state index in [9.17, 15) is 0 Å². The number of likely N-dealkylation sites (tertiary alicyclic amines) is 1. The molecule has 1 aromatic heterocycles. The standard InChI is InChI=1S/C12H20N2S/c1-2-14-7-3-5-10(14)9-11(13)12-6-4-8-15-12/h4,6,8,10-11H,2-3,5,7,9,13H2,1H3. The molecule has 0 radical (unpaired) electrons. The lowest BCUT2D eigenvalue weighted by atomic mass is 10.0. The van der Waals surface area contributed by atoms with Crippen LogP contribution in [0.1, 0.15) is 37.1 Å². The van der Waals surface area contributed by atoms with Crippen LogP contribution in [-0.4, -0.2) is 24.0 Å². The molecular weight excluding hydrogens is 204 g/mol. The van der Waals surface area contributed by atoms with E-state index in [2.05, 4.69) is 29.3 Å². The molecule has 0 saturated carbocycles. The summed E-state index contributed by atoms with van der Waals surface area (Å²) in [4.78, 5) is 3.89. The molecule has 3 heteroatoms. The molecule has 0 amide bonds. The van der Waals surface area contributed by atoms with Crippen molar-refractivity contribution in [3.05, 3.63) is 22.4 Å². The fourth-order valence-corrected chi connectivity index (χ4v) is 3.23. The summed E-state index contributed by atoms with van der Waals surface area (Å²) in [7, 11) is 0. The van der Waals surface area contributed by atoms with Crippen molar-refractivity contribution >= 4 is 11.3 Å². The Bertz CT molecular complexity index is 284. The van der Waals surface area contributed by atoms with Crippen LogP contribution in [0.5, 0.6) is 0 Å². The normalized spacial score (nSPS) is 24.5. The predicted molar refractivity (Wildman–Crippen MR) is 66.1 cm³/mol. The van der Waals surface area contributed by atoms with E-state index in [0.29, 0.717) is 6.04 Å². The van der Waals surface area contributed by atoms with Crippen LogP contribution in [0.3, 0.4) is 0 Å². The van der Waals surface area contributed by atoms with Crippen molar-refractivity contribution in [2.75, 3.05) is 13.1 Å². The maximum Gasteiger partial charge on any atom is 0.0404 e. The van der Waals surface area contributed by atoms with Crippen LogP contribution in [0, 0.1) is 0 Å². The Morgan fingerprint density at radius 2 is 2.53 bits per heavy atom. The monoisotopic (exact) mass is 224 g/mol. The molecule has 2 rings (SSSR count). The van der Waals surface area contributed by atoms with Gasteiger partial charge >= 0.3 is 0 Å². The zero-order valence-corrected chi connectivity index (χ0v) is 10.2. The predicted octanol–water partition coefficient (Wildman–Crippen LogP) is 2.62. The number of thiophene rings is 1. The largest absolute Gasteiger partial charge is 0.323 e. The maximum absolute atomic E-state index is 6.22. The van der Waals surface area contributed by atoms with E-state index in [1.54, 1.807) is 11.3 Å². The van der Waals surface area contributed by atoms with Crippen LogP contribution in [0.2, 0.25) is 0 Å². The number of rotatable bonds is 4. The molecular formula is C12H20N2S. The van der Waals surface area contributed by atoms with Gasteiger partial charge in [0.1, 0.15) is 0 Å². The summed E-state index contributed by atoms with van der Waals surface area (Å²) in [6, 6.07) is 5.20. The first-order valence-electron chi connectivity index (χ1n) is 5.84. The van der Waals surface area contributed by atoms with Gasteiger partial charge in [0.05, 0.1) is 0 Å². The molecule has 2 heterocycles. The van der Waals surface area contributed by atoms with Crippen molar-refractivity contribution in [2.24, 2.45) is 5.73 Å². The SMILES string of the molecule is CCN1CCCC1CC(N)c1cccs1. The van der Waals surface area contributed by atoms with Crippen LogP contribution in [-0.2, 0) is 0 Å². The topological polar surface area (TPSA) is 29.3 Å². The lowest BCUT2D eigenvalue weighted by Crippen LogP contribution is -2.31. The third-order valence-electron chi connectivity index (χ3n) is 3.34. The van der Waals surface area contributed by atoms with Crippen molar-refractivity contribution in [2.45, 2.75) is 38.3 Å². The third kappa shape index (κ3) is 2.60. The quantitative estimate of drug-likeness (QED) is 0.852. The van der Waals surface area contributed by atoms with Crippen LogP contribution < -0.4 is 5.73 Å². The minimum atomic E-state index is 0.238. The molecule has 1 saturated heterocycles. The van der Waals surface area contributed by atoms with Crippen molar-refractivity contribution in [3.8, 4) is 0 Å². The molecule has 2 atom stereocenters. The Hall–Kier alpha value is -0.380. The van der Waals surface area contributed by atoms with Gasteiger partial charge in [-0.3, -0.25) is 0 Å². The number of nitrogens with zero attached hydrogens (tertiary/aromatic N) is 1. The Kier molecular flexibility index (Phi) is 3.78. The summed E-state index contributed by atoms with van der Waals surface area (Å²) in [5.74, 6) is 0. The van der Waals surface area contributed by atoms with Crippen molar-refractivity contribution in [1.82, 2.24) is 4.90 Å². The smallest absolute Gasteiger partial charge is 0.0404 e. The second-order valence-corrected chi connectivity index (χ2v) is 5.26. The number of nitrogens with two attached hydrogens (primary N) is 1. The summed E-state index contributed by atoms with van der Waals surface area (Å²) in [5.41, 5.74) is 6.22. The summed E-state index contributed by atoms with van der Waals surface area (Å²) < 4.78 is 0. The summed E-state index contributed by atoms with van der Waals surface area (Å²) in [6.45, 7) is 4.68. The van der Waals surface area contributed by atoms with E-state index < -0.39 is 0 Å². The van der Waals surface area contributed by atoms with E-state index in [4.69, 9.17) is 5.73 Å². The molecule has 0 aromatic carbocycles. The second kappa shape index (κ2) is 5.10. The van der Waals surface area contributed by atoms with E-state index >= 15 is 0 Å². The molecule has 2 unspecified atom stereocenters. The highest BCUT2D eigenvalue weighted by Gasteiger charge is 2.25.